The molecule has 0 saturated heterocycles. The van der Waals surface area contributed by atoms with Gasteiger partial charge in [0.25, 0.3) is 0 Å². The Morgan fingerprint density at radius 3 is 1.42 bits per heavy atom. The minimum absolute atomic E-state index is 0. The zero-order valence-electron chi connectivity index (χ0n) is 8.59. The van der Waals surface area contributed by atoms with E-state index in [2.05, 4.69) is 39.8 Å². The molecule has 0 N–H and O–H groups in total. The van der Waals surface area contributed by atoms with Crippen molar-refractivity contribution in [2.45, 2.75) is 47.0 Å². The summed E-state index contributed by atoms with van der Waals surface area (Å²) in [6.07, 6.45) is 8.35. The zero-order valence-corrected chi connectivity index (χ0v) is 10.6. The van der Waals surface area contributed by atoms with Crippen molar-refractivity contribution in [3.8, 4) is 0 Å². The van der Waals surface area contributed by atoms with Crippen LogP contribution in [0.1, 0.15) is 47.0 Å². The first-order valence-corrected chi connectivity index (χ1v) is 4.39. The molecule has 0 heterocycles. The van der Waals surface area contributed by atoms with Crippen LogP contribution < -0.4 is 0 Å². The summed E-state index contributed by atoms with van der Waals surface area (Å²) < 4.78 is 0. The first-order valence-electron chi connectivity index (χ1n) is 4.39. The van der Waals surface area contributed by atoms with Gasteiger partial charge in [-0.1, -0.05) is 23.3 Å². The minimum atomic E-state index is 0. The van der Waals surface area contributed by atoms with Crippen LogP contribution in [0.4, 0.5) is 0 Å². The van der Waals surface area contributed by atoms with Gasteiger partial charge in [0.1, 0.15) is 0 Å². The number of allylic oxidation sites excluding steroid dienone is 4. The molecule has 0 saturated carbocycles. The Kier molecular flexibility index (Phi) is 12.5. The number of unbranched alkanes of at least 4 members (excludes halogenated alkanes) is 2. The molecule has 0 spiro atoms. The van der Waals surface area contributed by atoms with E-state index in [0.717, 1.165) is 0 Å². The standard InChI is InChI=1S/C11H20.Dy/c1-10(2)8-6-5-7-9-11(3)4;/h8-9H,5-7H2,1-4H3;. The van der Waals surface area contributed by atoms with Crippen molar-refractivity contribution in [3.63, 3.8) is 0 Å². The first kappa shape index (κ1) is 15.2. The van der Waals surface area contributed by atoms with Crippen molar-refractivity contribution in [2.24, 2.45) is 0 Å². The molecule has 74 valence electrons. The van der Waals surface area contributed by atoms with Gasteiger partial charge in [-0.15, -0.1) is 0 Å². The smallest absolute Gasteiger partial charge is 0 e. The summed E-state index contributed by atoms with van der Waals surface area (Å²) in [5.41, 5.74) is 2.87. The predicted molar refractivity (Wildman–Crippen MR) is 52.7 cm³/mol. The quantitative estimate of drug-likeness (QED) is 0.541. The Morgan fingerprint density at radius 1 is 0.833 bits per heavy atom. The zero-order chi connectivity index (χ0) is 8.69. The fourth-order valence-electron chi connectivity index (χ4n) is 0.899. The maximum atomic E-state index is 2.30. The SMILES string of the molecule is CC(C)=CCCCC=C(C)C.[Dy]. The second kappa shape index (κ2) is 9.84. The maximum absolute atomic E-state index is 2.30. The summed E-state index contributed by atoms with van der Waals surface area (Å²) in [4.78, 5) is 0. The summed E-state index contributed by atoms with van der Waals surface area (Å²) in [7, 11) is 0. The van der Waals surface area contributed by atoms with Gasteiger partial charge in [-0.05, 0) is 47.0 Å². The molecule has 0 aromatic carbocycles. The van der Waals surface area contributed by atoms with E-state index in [1.807, 2.05) is 0 Å². The summed E-state index contributed by atoms with van der Waals surface area (Å²) in [6.45, 7) is 8.61. The van der Waals surface area contributed by atoms with Gasteiger partial charge < -0.3 is 0 Å². The molecule has 0 unspecified atom stereocenters. The second-order valence-electron chi connectivity index (χ2n) is 3.49. The third kappa shape index (κ3) is 13.4. The van der Waals surface area contributed by atoms with Gasteiger partial charge in [-0.3, -0.25) is 0 Å². The van der Waals surface area contributed by atoms with E-state index in [1.165, 1.54) is 30.4 Å². The van der Waals surface area contributed by atoms with Crippen LogP contribution in [0.5, 0.6) is 0 Å². The third-order valence-electron chi connectivity index (χ3n) is 1.51. The van der Waals surface area contributed by atoms with Crippen molar-refractivity contribution in [3.05, 3.63) is 23.3 Å². The Hall–Kier alpha value is 0.753. The molecule has 0 radical (unpaired) electrons. The van der Waals surface area contributed by atoms with E-state index in [1.54, 1.807) is 0 Å². The van der Waals surface area contributed by atoms with E-state index in [9.17, 15) is 0 Å². The normalized spacial score (nSPS) is 8.33. The summed E-state index contributed by atoms with van der Waals surface area (Å²) in [5, 5.41) is 0. The van der Waals surface area contributed by atoms with Crippen molar-refractivity contribution in [1.29, 1.82) is 0 Å². The average Bonchev–Trinajstić information content (AvgIpc) is 1.85. The Balaban J connectivity index is 0. The van der Waals surface area contributed by atoms with Crippen LogP contribution in [-0.4, -0.2) is 0 Å². The van der Waals surface area contributed by atoms with Crippen LogP contribution in [-0.2, 0) is 0 Å². The molecule has 0 aliphatic carbocycles. The minimum Gasteiger partial charge on any atom is -0.0859 e. The molecule has 0 atom stereocenters. The van der Waals surface area contributed by atoms with Crippen molar-refractivity contribution in [1.82, 2.24) is 0 Å². The van der Waals surface area contributed by atoms with Crippen molar-refractivity contribution in [2.75, 3.05) is 0 Å². The second-order valence-corrected chi connectivity index (χ2v) is 3.49. The molecule has 0 aromatic heterocycles. The van der Waals surface area contributed by atoms with Crippen LogP contribution in [0.3, 0.4) is 0 Å². The van der Waals surface area contributed by atoms with E-state index < -0.39 is 0 Å². The molecule has 12 heavy (non-hydrogen) atoms. The van der Waals surface area contributed by atoms with Crippen LogP contribution in [0.25, 0.3) is 0 Å². The molecule has 0 bridgehead atoms. The van der Waals surface area contributed by atoms with Crippen LogP contribution >= 0.6 is 0 Å². The van der Waals surface area contributed by atoms with E-state index in [0.29, 0.717) is 0 Å². The maximum Gasteiger partial charge on any atom is 0 e. The van der Waals surface area contributed by atoms with Gasteiger partial charge in [-0.25, -0.2) is 0 Å². The van der Waals surface area contributed by atoms with Gasteiger partial charge in [0.15, 0.2) is 0 Å². The molecular formula is C11H20Dy. The Morgan fingerprint density at radius 2 is 1.17 bits per heavy atom. The van der Waals surface area contributed by atoms with Crippen LogP contribution in [0.15, 0.2) is 23.3 Å². The monoisotopic (exact) mass is 316 g/mol. The van der Waals surface area contributed by atoms with Crippen molar-refractivity contribution < 1.29 is 38.2 Å². The molecule has 0 fully saturated rings. The molecular weight excluding hydrogens is 295 g/mol. The fraction of sp³-hybridized carbons (Fsp3) is 0.636. The van der Waals surface area contributed by atoms with Crippen LogP contribution in [0.2, 0.25) is 0 Å². The topological polar surface area (TPSA) is 0 Å². The van der Waals surface area contributed by atoms with Crippen molar-refractivity contribution >= 4 is 0 Å². The number of hydrogen-bond donors (Lipinski definition) is 0. The first-order chi connectivity index (χ1) is 5.13. The van der Waals surface area contributed by atoms with Gasteiger partial charge in [0.2, 0.25) is 0 Å². The average molecular weight is 315 g/mol. The number of hydrogen-bond acceptors (Lipinski definition) is 0. The van der Waals surface area contributed by atoms with E-state index in [4.69, 9.17) is 0 Å². The van der Waals surface area contributed by atoms with Gasteiger partial charge in [0, 0.05) is 38.2 Å². The fourth-order valence-corrected chi connectivity index (χ4v) is 0.899. The Labute approximate surface area is 108 Å². The largest absolute Gasteiger partial charge is 0.0859 e. The van der Waals surface area contributed by atoms with Crippen LogP contribution in [0, 0.1) is 38.2 Å². The summed E-state index contributed by atoms with van der Waals surface area (Å²) in [6, 6.07) is 0. The molecule has 0 aliphatic rings. The van der Waals surface area contributed by atoms with E-state index >= 15 is 0 Å². The summed E-state index contributed by atoms with van der Waals surface area (Å²) >= 11 is 0. The van der Waals surface area contributed by atoms with Gasteiger partial charge in [0.05, 0.1) is 0 Å². The molecule has 0 nitrogen and oxygen atoms in total. The molecule has 0 aromatic rings. The molecule has 0 amide bonds. The number of rotatable bonds is 4. The molecule has 0 rings (SSSR count). The van der Waals surface area contributed by atoms with E-state index in [-0.39, 0.29) is 38.2 Å². The van der Waals surface area contributed by atoms with Gasteiger partial charge >= 0.3 is 0 Å². The van der Waals surface area contributed by atoms with Gasteiger partial charge in [-0.2, -0.15) is 0 Å². The Bertz CT molecular complexity index is 128. The predicted octanol–water partition coefficient (Wildman–Crippen LogP) is 4.09. The third-order valence-corrected chi connectivity index (χ3v) is 1.51. The molecule has 0 aliphatic heterocycles. The molecule has 1 heteroatoms. The summed E-state index contributed by atoms with van der Waals surface area (Å²) in [5.74, 6) is 0.